The zero-order valence-electron chi connectivity index (χ0n) is 8.40. The highest BCUT2D eigenvalue weighted by Crippen LogP contribution is 2.36. The summed E-state index contributed by atoms with van der Waals surface area (Å²) in [6.07, 6.45) is 0.509. The van der Waals surface area contributed by atoms with Gasteiger partial charge in [-0.2, -0.15) is 0 Å². The second-order valence-electron chi connectivity index (χ2n) is 3.43. The van der Waals surface area contributed by atoms with Gasteiger partial charge in [-0.15, -0.1) is 0 Å². The molecule has 1 N–H and O–H groups in total. The van der Waals surface area contributed by atoms with E-state index in [2.05, 4.69) is 0 Å². The topological polar surface area (TPSA) is 55.8 Å². The zero-order valence-corrected chi connectivity index (χ0v) is 8.40. The fourth-order valence-corrected chi connectivity index (χ4v) is 1.76. The van der Waals surface area contributed by atoms with E-state index in [1.54, 1.807) is 25.3 Å². The van der Waals surface area contributed by atoms with E-state index < -0.39 is 11.9 Å². The number of hydrogen-bond acceptors (Lipinski definition) is 3. The van der Waals surface area contributed by atoms with Crippen molar-refractivity contribution in [1.29, 1.82) is 0 Å². The molecule has 0 saturated carbocycles. The van der Waals surface area contributed by atoms with Crippen LogP contribution in [-0.2, 0) is 4.79 Å². The van der Waals surface area contributed by atoms with Crippen molar-refractivity contribution in [3.8, 4) is 11.5 Å². The standard InChI is InChI=1S/C11H12O4/c1-14-7-2-3-10-9(6-7)8(11(12)13)4-5-15-10/h2-3,6,8H,4-5H2,1H3,(H,12,13)/t8-/m0/s1. The molecule has 1 aromatic rings. The summed E-state index contributed by atoms with van der Waals surface area (Å²) in [5, 5.41) is 9.05. The van der Waals surface area contributed by atoms with Crippen molar-refractivity contribution in [2.75, 3.05) is 13.7 Å². The Morgan fingerprint density at radius 3 is 3.07 bits per heavy atom. The number of ether oxygens (including phenoxy) is 2. The molecule has 0 fully saturated rings. The lowest BCUT2D eigenvalue weighted by atomic mass is 9.93. The van der Waals surface area contributed by atoms with Crippen LogP contribution >= 0.6 is 0 Å². The van der Waals surface area contributed by atoms with Gasteiger partial charge in [-0.25, -0.2) is 0 Å². The van der Waals surface area contributed by atoms with Crippen LogP contribution in [0, 0.1) is 0 Å². The van der Waals surface area contributed by atoms with E-state index in [0.29, 0.717) is 30.1 Å². The Balaban J connectivity index is 2.43. The van der Waals surface area contributed by atoms with Crippen LogP contribution in [0.3, 0.4) is 0 Å². The molecule has 0 spiro atoms. The molecule has 2 rings (SSSR count). The van der Waals surface area contributed by atoms with Gasteiger partial charge in [-0.1, -0.05) is 0 Å². The Hall–Kier alpha value is -1.71. The van der Waals surface area contributed by atoms with Crippen molar-refractivity contribution >= 4 is 5.97 Å². The van der Waals surface area contributed by atoms with Crippen molar-refractivity contribution in [2.45, 2.75) is 12.3 Å². The third-order valence-corrected chi connectivity index (χ3v) is 2.55. The fraction of sp³-hybridized carbons (Fsp3) is 0.364. The van der Waals surface area contributed by atoms with E-state index in [1.807, 2.05) is 0 Å². The maximum absolute atomic E-state index is 11.0. The average Bonchev–Trinajstić information content (AvgIpc) is 2.27. The van der Waals surface area contributed by atoms with Crippen LogP contribution in [-0.4, -0.2) is 24.8 Å². The predicted octanol–water partition coefficient (Wildman–Crippen LogP) is 1.65. The Morgan fingerprint density at radius 2 is 2.40 bits per heavy atom. The Labute approximate surface area is 87.4 Å². The van der Waals surface area contributed by atoms with E-state index in [4.69, 9.17) is 14.6 Å². The number of benzene rings is 1. The van der Waals surface area contributed by atoms with Crippen molar-refractivity contribution in [3.05, 3.63) is 23.8 Å². The Kier molecular flexibility index (Phi) is 2.49. The fourth-order valence-electron chi connectivity index (χ4n) is 1.76. The largest absolute Gasteiger partial charge is 0.497 e. The third-order valence-electron chi connectivity index (χ3n) is 2.55. The number of carbonyl (C=O) groups is 1. The van der Waals surface area contributed by atoms with Gasteiger partial charge in [0.2, 0.25) is 0 Å². The van der Waals surface area contributed by atoms with Gasteiger partial charge in [0.15, 0.2) is 0 Å². The van der Waals surface area contributed by atoms with Crippen molar-refractivity contribution in [1.82, 2.24) is 0 Å². The minimum Gasteiger partial charge on any atom is -0.497 e. The van der Waals surface area contributed by atoms with E-state index >= 15 is 0 Å². The molecular formula is C11H12O4. The molecule has 0 amide bonds. The molecular weight excluding hydrogens is 196 g/mol. The maximum Gasteiger partial charge on any atom is 0.311 e. The second kappa shape index (κ2) is 3.81. The van der Waals surface area contributed by atoms with Gasteiger partial charge in [-0.05, 0) is 24.6 Å². The monoisotopic (exact) mass is 208 g/mol. The predicted molar refractivity (Wildman–Crippen MR) is 53.5 cm³/mol. The molecule has 15 heavy (non-hydrogen) atoms. The first-order valence-corrected chi connectivity index (χ1v) is 4.76. The summed E-state index contributed by atoms with van der Waals surface area (Å²) >= 11 is 0. The number of rotatable bonds is 2. The molecule has 1 aliphatic heterocycles. The van der Waals surface area contributed by atoms with Crippen molar-refractivity contribution < 1.29 is 19.4 Å². The summed E-state index contributed by atoms with van der Waals surface area (Å²) in [6, 6.07) is 5.25. The van der Waals surface area contributed by atoms with Crippen molar-refractivity contribution in [3.63, 3.8) is 0 Å². The molecule has 0 unspecified atom stereocenters. The van der Waals surface area contributed by atoms with Crippen LogP contribution in [0.2, 0.25) is 0 Å². The van der Waals surface area contributed by atoms with Crippen molar-refractivity contribution in [2.24, 2.45) is 0 Å². The summed E-state index contributed by atoms with van der Waals surface area (Å²) in [5.74, 6) is 0.0107. The molecule has 4 heteroatoms. The molecule has 0 bridgehead atoms. The number of hydrogen-bond donors (Lipinski definition) is 1. The second-order valence-corrected chi connectivity index (χ2v) is 3.43. The average molecular weight is 208 g/mol. The summed E-state index contributed by atoms with van der Waals surface area (Å²) in [7, 11) is 1.56. The van der Waals surface area contributed by atoms with Gasteiger partial charge in [0, 0.05) is 5.56 Å². The van der Waals surface area contributed by atoms with Gasteiger partial charge >= 0.3 is 5.97 Å². The van der Waals surface area contributed by atoms with Gasteiger partial charge in [0.25, 0.3) is 0 Å². The number of fused-ring (bicyclic) bond motifs is 1. The highest BCUT2D eigenvalue weighted by molar-refractivity contribution is 5.77. The Bertz CT molecular complexity index is 386. The molecule has 0 aromatic heterocycles. The molecule has 1 heterocycles. The summed E-state index contributed by atoms with van der Waals surface area (Å²) in [5.41, 5.74) is 0.702. The van der Waals surface area contributed by atoms with Crippen LogP contribution < -0.4 is 9.47 Å². The minimum absolute atomic E-state index is 0.455. The van der Waals surface area contributed by atoms with Gasteiger partial charge in [-0.3, -0.25) is 4.79 Å². The van der Waals surface area contributed by atoms with E-state index in [-0.39, 0.29) is 0 Å². The number of carboxylic acid groups (broad SMARTS) is 1. The lowest BCUT2D eigenvalue weighted by Gasteiger charge is -2.23. The van der Waals surface area contributed by atoms with E-state index in [9.17, 15) is 4.79 Å². The van der Waals surface area contributed by atoms with E-state index in [0.717, 1.165) is 0 Å². The van der Waals surface area contributed by atoms with Gasteiger partial charge in [0.05, 0.1) is 19.6 Å². The molecule has 0 aliphatic carbocycles. The molecule has 1 atom stereocenters. The normalized spacial score (nSPS) is 18.9. The lowest BCUT2D eigenvalue weighted by Crippen LogP contribution is -2.20. The molecule has 0 radical (unpaired) electrons. The molecule has 4 nitrogen and oxygen atoms in total. The molecule has 1 aromatic carbocycles. The first kappa shape index (κ1) is 9.83. The first-order valence-electron chi connectivity index (χ1n) is 4.76. The lowest BCUT2D eigenvalue weighted by molar-refractivity contribution is -0.139. The summed E-state index contributed by atoms with van der Waals surface area (Å²) < 4.78 is 10.4. The van der Waals surface area contributed by atoms with Crippen LogP contribution in [0.15, 0.2) is 18.2 Å². The van der Waals surface area contributed by atoms with Crippen LogP contribution in [0.5, 0.6) is 11.5 Å². The molecule has 0 saturated heterocycles. The smallest absolute Gasteiger partial charge is 0.311 e. The Morgan fingerprint density at radius 1 is 1.60 bits per heavy atom. The number of aliphatic carboxylic acids is 1. The number of carboxylic acids is 1. The summed E-state index contributed by atoms with van der Waals surface area (Å²) in [6.45, 7) is 0.455. The minimum atomic E-state index is -0.812. The van der Waals surface area contributed by atoms with Gasteiger partial charge in [0.1, 0.15) is 11.5 Å². The zero-order chi connectivity index (χ0) is 10.8. The summed E-state index contributed by atoms with van der Waals surface area (Å²) in [4.78, 5) is 11.0. The molecule has 1 aliphatic rings. The maximum atomic E-state index is 11.0. The van der Waals surface area contributed by atoms with Crippen LogP contribution in [0.25, 0.3) is 0 Å². The van der Waals surface area contributed by atoms with Gasteiger partial charge < -0.3 is 14.6 Å². The van der Waals surface area contributed by atoms with E-state index in [1.165, 1.54) is 0 Å². The van der Waals surface area contributed by atoms with Crippen LogP contribution in [0.4, 0.5) is 0 Å². The number of methoxy groups -OCH3 is 1. The quantitative estimate of drug-likeness (QED) is 0.802. The highest BCUT2D eigenvalue weighted by Gasteiger charge is 2.27. The molecule has 80 valence electrons. The SMILES string of the molecule is COc1ccc2c(c1)[C@@H](C(=O)O)CCO2. The van der Waals surface area contributed by atoms with Crippen LogP contribution in [0.1, 0.15) is 17.9 Å². The highest BCUT2D eigenvalue weighted by atomic mass is 16.5. The third kappa shape index (κ3) is 1.75. The first-order chi connectivity index (χ1) is 7.22.